The van der Waals surface area contributed by atoms with Crippen LogP contribution in [0.1, 0.15) is 18.1 Å². The number of hydrogen-bond acceptors (Lipinski definition) is 1. The zero-order chi connectivity index (χ0) is 10.7. The molecule has 0 heterocycles. The Balaban J connectivity index is 2.91. The molecule has 0 atom stereocenters. The fraction of sp³-hybridized carbons (Fsp3) is 0.250. The van der Waals surface area contributed by atoms with E-state index in [4.69, 9.17) is 0 Å². The van der Waals surface area contributed by atoms with Gasteiger partial charge in [0.25, 0.3) is 0 Å². The molecule has 0 aliphatic heterocycles. The Hall–Kier alpha value is -1.44. The fourth-order valence-corrected chi connectivity index (χ4v) is 1.15. The van der Waals surface area contributed by atoms with Crippen LogP contribution in [0, 0.1) is 12.7 Å². The fourth-order valence-electron chi connectivity index (χ4n) is 1.15. The SMILES string of the molecule is C=C(C)C(=O)Cc1cc(F)ccc1C. The minimum atomic E-state index is -0.305. The third kappa shape index (κ3) is 2.52. The van der Waals surface area contributed by atoms with E-state index in [0.29, 0.717) is 5.57 Å². The number of carbonyl (C=O) groups is 1. The van der Waals surface area contributed by atoms with Gasteiger partial charge in [-0.15, -0.1) is 0 Å². The summed E-state index contributed by atoms with van der Waals surface area (Å²) in [7, 11) is 0. The van der Waals surface area contributed by atoms with E-state index in [1.165, 1.54) is 12.1 Å². The minimum absolute atomic E-state index is 0.0429. The van der Waals surface area contributed by atoms with Gasteiger partial charge < -0.3 is 0 Å². The van der Waals surface area contributed by atoms with Crippen LogP contribution in [0.15, 0.2) is 30.4 Å². The predicted octanol–water partition coefficient (Wildman–Crippen LogP) is 2.82. The van der Waals surface area contributed by atoms with Crippen molar-refractivity contribution in [2.75, 3.05) is 0 Å². The molecule has 0 fully saturated rings. The first-order chi connectivity index (χ1) is 6.50. The molecular formula is C12H13FO. The van der Waals surface area contributed by atoms with Gasteiger partial charge >= 0.3 is 0 Å². The molecule has 0 saturated heterocycles. The van der Waals surface area contributed by atoms with Gasteiger partial charge in [-0.3, -0.25) is 4.79 Å². The lowest BCUT2D eigenvalue weighted by Gasteiger charge is -2.04. The van der Waals surface area contributed by atoms with Crippen LogP contribution < -0.4 is 0 Å². The maximum Gasteiger partial charge on any atom is 0.162 e. The van der Waals surface area contributed by atoms with Gasteiger partial charge in [-0.2, -0.15) is 0 Å². The number of ketones is 1. The molecule has 0 spiro atoms. The monoisotopic (exact) mass is 192 g/mol. The predicted molar refractivity (Wildman–Crippen MR) is 54.7 cm³/mol. The largest absolute Gasteiger partial charge is 0.294 e. The van der Waals surface area contributed by atoms with E-state index >= 15 is 0 Å². The number of carbonyl (C=O) groups excluding carboxylic acids is 1. The first-order valence-corrected chi connectivity index (χ1v) is 4.44. The van der Waals surface area contributed by atoms with E-state index in [1.54, 1.807) is 13.0 Å². The molecule has 2 heteroatoms. The molecular weight excluding hydrogens is 179 g/mol. The number of benzene rings is 1. The Bertz CT molecular complexity index is 380. The molecule has 0 amide bonds. The average Bonchev–Trinajstić information content (AvgIpc) is 2.11. The summed E-state index contributed by atoms with van der Waals surface area (Å²) in [6.07, 6.45) is 0.235. The van der Waals surface area contributed by atoms with Gasteiger partial charge in [0.1, 0.15) is 5.82 Å². The molecule has 0 N–H and O–H groups in total. The summed E-state index contributed by atoms with van der Waals surface area (Å²) in [6, 6.07) is 4.47. The Morgan fingerprint density at radius 1 is 1.50 bits per heavy atom. The maximum atomic E-state index is 12.9. The van der Waals surface area contributed by atoms with Crippen LogP contribution in [0.25, 0.3) is 0 Å². The molecule has 74 valence electrons. The van der Waals surface area contributed by atoms with Gasteiger partial charge in [-0.1, -0.05) is 12.6 Å². The van der Waals surface area contributed by atoms with Crippen LogP contribution >= 0.6 is 0 Å². The van der Waals surface area contributed by atoms with Crippen molar-refractivity contribution in [3.05, 3.63) is 47.3 Å². The van der Waals surface area contributed by atoms with Gasteiger partial charge in [0, 0.05) is 6.42 Å². The van der Waals surface area contributed by atoms with Crippen LogP contribution in [-0.2, 0) is 11.2 Å². The van der Waals surface area contributed by atoms with Crippen LogP contribution in [0.4, 0.5) is 4.39 Å². The molecule has 0 aromatic heterocycles. The molecule has 0 aliphatic rings. The number of allylic oxidation sites excluding steroid dienone is 1. The van der Waals surface area contributed by atoms with Crippen LogP contribution in [0.5, 0.6) is 0 Å². The summed E-state index contributed by atoms with van der Waals surface area (Å²) in [5.41, 5.74) is 2.17. The quantitative estimate of drug-likeness (QED) is 0.673. The Morgan fingerprint density at radius 3 is 2.71 bits per heavy atom. The molecule has 1 aromatic rings. The van der Waals surface area contributed by atoms with Crippen molar-refractivity contribution in [3.8, 4) is 0 Å². The number of hydrogen-bond donors (Lipinski definition) is 0. The van der Waals surface area contributed by atoms with Crippen LogP contribution in [0.2, 0.25) is 0 Å². The summed E-state index contributed by atoms with van der Waals surface area (Å²) >= 11 is 0. The van der Waals surface area contributed by atoms with Gasteiger partial charge in [0.2, 0.25) is 0 Å². The van der Waals surface area contributed by atoms with E-state index in [0.717, 1.165) is 11.1 Å². The second kappa shape index (κ2) is 4.18. The lowest BCUT2D eigenvalue weighted by molar-refractivity contribution is -0.114. The number of halogens is 1. The molecule has 0 aliphatic carbocycles. The van der Waals surface area contributed by atoms with Gasteiger partial charge in [0.05, 0.1) is 0 Å². The van der Waals surface area contributed by atoms with Crippen molar-refractivity contribution in [1.29, 1.82) is 0 Å². The Labute approximate surface area is 83.3 Å². The summed E-state index contributed by atoms with van der Waals surface area (Å²) < 4.78 is 12.9. The molecule has 1 rings (SSSR count). The maximum absolute atomic E-state index is 12.9. The second-order valence-electron chi connectivity index (χ2n) is 3.45. The van der Waals surface area contributed by atoms with Crippen molar-refractivity contribution >= 4 is 5.78 Å². The zero-order valence-corrected chi connectivity index (χ0v) is 8.43. The van der Waals surface area contributed by atoms with Crippen LogP contribution in [0.3, 0.4) is 0 Å². The summed E-state index contributed by atoms with van der Waals surface area (Å²) in [4.78, 5) is 11.4. The highest BCUT2D eigenvalue weighted by molar-refractivity contribution is 5.95. The molecule has 0 radical (unpaired) electrons. The van der Waals surface area contributed by atoms with Crippen molar-refractivity contribution < 1.29 is 9.18 Å². The highest BCUT2D eigenvalue weighted by Crippen LogP contribution is 2.12. The van der Waals surface area contributed by atoms with Gasteiger partial charge in [-0.05, 0) is 42.7 Å². The standard InChI is InChI=1S/C12H13FO/c1-8(2)12(14)7-10-6-11(13)5-4-9(10)3/h4-6H,1,7H2,2-3H3. The second-order valence-corrected chi connectivity index (χ2v) is 3.45. The number of rotatable bonds is 3. The zero-order valence-electron chi connectivity index (χ0n) is 8.43. The summed E-state index contributed by atoms with van der Waals surface area (Å²) in [5.74, 6) is -0.348. The molecule has 0 unspecified atom stereocenters. The van der Waals surface area contributed by atoms with E-state index < -0.39 is 0 Å². The van der Waals surface area contributed by atoms with E-state index in [9.17, 15) is 9.18 Å². The van der Waals surface area contributed by atoms with Crippen molar-refractivity contribution in [1.82, 2.24) is 0 Å². The third-order valence-corrected chi connectivity index (χ3v) is 2.14. The first-order valence-electron chi connectivity index (χ1n) is 4.44. The first kappa shape index (κ1) is 10.6. The highest BCUT2D eigenvalue weighted by atomic mass is 19.1. The van der Waals surface area contributed by atoms with Crippen molar-refractivity contribution in [2.45, 2.75) is 20.3 Å². The Morgan fingerprint density at radius 2 is 2.14 bits per heavy atom. The summed E-state index contributed by atoms with van der Waals surface area (Å²) in [5, 5.41) is 0. The van der Waals surface area contributed by atoms with E-state index in [2.05, 4.69) is 6.58 Å². The van der Waals surface area contributed by atoms with Gasteiger partial charge in [0.15, 0.2) is 5.78 Å². The molecule has 0 saturated carbocycles. The van der Waals surface area contributed by atoms with E-state index in [-0.39, 0.29) is 18.0 Å². The van der Waals surface area contributed by atoms with Crippen molar-refractivity contribution in [3.63, 3.8) is 0 Å². The molecule has 0 bridgehead atoms. The van der Waals surface area contributed by atoms with Crippen molar-refractivity contribution in [2.24, 2.45) is 0 Å². The normalized spacial score (nSPS) is 9.93. The lowest BCUT2D eigenvalue weighted by atomic mass is 10.0. The summed E-state index contributed by atoms with van der Waals surface area (Å²) in [6.45, 7) is 7.09. The molecule has 1 aromatic carbocycles. The average molecular weight is 192 g/mol. The Kier molecular flexibility index (Phi) is 3.18. The molecule has 14 heavy (non-hydrogen) atoms. The topological polar surface area (TPSA) is 17.1 Å². The van der Waals surface area contributed by atoms with E-state index in [1.807, 2.05) is 6.92 Å². The lowest BCUT2D eigenvalue weighted by Crippen LogP contribution is -2.04. The smallest absolute Gasteiger partial charge is 0.162 e. The minimum Gasteiger partial charge on any atom is -0.294 e. The van der Waals surface area contributed by atoms with Gasteiger partial charge in [-0.25, -0.2) is 4.39 Å². The molecule has 1 nitrogen and oxygen atoms in total. The number of aryl methyl sites for hydroxylation is 1. The van der Waals surface area contributed by atoms with Crippen LogP contribution in [-0.4, -0.2) is 5.78 Å². The number of Topliss-reactive ketones (excluding diaryl/α,β-unsaturated/α-hetero) is 1. The third-order valence-electron chi connectivity index (χ3n) is 2.14. The highest BCUT2D eigenvalue weighted by Gasteiger charge is 2.07.